The molecule has 25 heavy (non-hydrogen) atoms. The molecule has 6 nitrogen and oxygen atoms in total. The van der Waals surface area contributed by atoms with Crippen LogP contribution >= 0.6 is 0 Å². The Balaban J connectivity index is 1.94. The minimum Gasteiger partial charge on any atom is -0.366 e. The van der Waals surface area contributed by atoms with Crippen molar-refractivity contribution in [2.75, 3.05) is 4.72 Å². The molecule has 0 saturated heterocycles. The molecule has 0 radical (unpaired) electrons. The molecule has 0 unspecified atom stereocenters. The first-order valence-electron chi connectivity index (χ1n) is 8.49. The molecule has 134 valence electrons. The first kappa shape index (κ1) is 17.5. The lowest BCUT2D eigenvalue weighted by atomic mass is 10.0. The van der Waals surface area contributed by atoms with Crippen molar-refractivity contribution in [2.24, 2.45) is 5.73 Å². The van der Waals surface area contributed by atoms with Crippen LogP contribution in [0.2, 0.25) is 0 Å². The van der Waals surface area contributed by atoms with Crippen LogP contribution in [0.15, 0.2) is 30.3 Å². The summed E-state index contributed by atoms with van der Waals surface area (Å²) in [5.74, 6) is -0.514. The number of primary amides is 1. The second kappa shape index (κ2) is 6.92. The summed E-state index contributed by atoms with van der Waals surface area (Å²) in [6.45, 7) is 1.76. The Labute approximate surface area is 147 Å². The van der Waals surface area contributed by atoms with E-state index in [9.17, 15) is 13.2 Å². The molecule has 1 amide bonds. The Morgan fingerprint density at radius 3 is 2.52 bits per heavy atom. The average Bonchev–Trinajstić information content (AvgIpc) is 2.98. The van der Waals surface area contributed by atoms with Crippen molar-refractivity contribution in [2.45, 2.75) is 44.3 Å². The maximum absolute atomic E-state index is 12.7. The standard InChI is InChI=1S/C18H23N3O3S/c1-12-15(18(19)22)11-17(20-12)14-9-5-6-10-16(14)21-25(23,24)13-7-3-2-4-8-13/h5-6,9-11,13,20-21H,2-4,7-8H2,1H3,(H2,19,22). The Hall–Kier alpha value is -2.28. The molecule has 1 heterocycles. The number of sulfonamides is 1. The molecule has 7 heteroatoms. The molecule has 1 aliphatic carbocycles. The van der Waals surface area contributed by atoms with Crippen LogP contribution in [-0.4, -0.2) is 24.6 Å². The number of amides is 1. The first-order valence-corrected chi connectivity index (χ1v) is 10.0. The minimum atomic E-state index is -3.44. The van der Waals surface area contributed by atoms with E-state index in [-0.39, 0.29) is 5.25 Å². The van der Waals surface area contributed by atoms with Crippen LogP contribution in [0.5, 0.6) is 0 Å². The molecule has 0 spiro atoms. The molecule has 3 rings (SSSR count). The van der Waals surface area contributed by atoms with Crippen LogP contribution in [0, 0.1) is 6.92 Å². The van der Waals surface area contributed by atoms with Crippen molar-refractivity contribution >= 4 is 21.6 Å². The van der Waals surface area contributed by atoms with E-state index in [1.807, 2.05) is 12.1 Å². The number of carbonyl (C=O) groups excluding carboxylic acids is 1. The number of hydrogen-bond acceptors (Lipinski definition) is 3. The van der Waals surface area contributed by atoms with Gasteiger partial charge in [0.15, 0.2) is 0 Å². The molecule has 0 aliphatic heterocycles. The summed E-state index contributed by atoms with van der Waals surface area (Å²) in [4.78, 5) is 14.6. The number of para-hydroxylation sites is 1. The zero-order chi connectivity index (χ0) is 18.0. The largest absolute Gasteiger partial charge is 0.366 e. The zero-order valence-electron chi connectivity index (χ0n) is 14.2. The number of carbonyl (C=O) groups is 1. The fraction of sp³-hybridized carbons (Fsp3) is 0.389. The van der Waals surface area contributed by atoms with Gasteiger partial charge in [0.2, 0.25) is 10.0 Å². The second-order valence-electron chi connectivity index (χ2n) is 6.54. The third-order valence-electron chi connectivity index (χ3n) is 4.74. The van der Waals surface area contributed by atoms with Gasteiger partial charge in [-0.2, -0.15) is 0 Å². The van der Waals surface area contributed by atoms with E-state index in [2.05, 4.69) is 9.71 Å². The number of aromatic amines is 1. The minimum absolute atomic E-state index is 0.346. The predicted octanol–water partition coefficient (Wildman–Crippen LogP) is 3.16. The first-order chi connectivity index (χ1) is 11.9. The van der Waals surface area contributed by atoms with Gasteiger partial charge >= 0.3 is 0 Å². The van der Waals surface area contributed by atoms with Crippen molar-refractivity contribution in [1.82, 2.24) is 4.98 Å². The van der Waals surface area contributed by atoms with Gasteiger partial charge in [-0.05, 0) is 31.9 Å². The van der Waals surface area contributed by atoms with Crippen molar-refractivity contribution in [3.8, 4) is 11.3 Å². The third-order valence-corrected chi connectivity index (χ3v) is 6.59. The van der Waals surface area contributed by atoms with Crippen LogP contribution in [0.25, 0.3) is 11.3 Å². The number of hydrogen-bond donors (Lipinski definition) is 3. The van der Waals surface area contributed by atoms with Gasteiger partial charge in [0.05, 0.1) is 16.5 Å². The monoisotopic (exact) mass is 361 g/mol. The highest BCUT2D eigenvalue weighted by molar-refractivity contribution is 7.93. The molecular formula is C18H23N3O3S. The van der Waals surface area contributed by atoms with Crippen molar-refractivity contribution < 1.29 is 13.2 Å². The van der Waals surface area contributed by atoms with Crippen molar-refractivity contribution in [3.05, 3.63) is 41.6 Å². The van der Waals surface area contributed by atoms with E-state index >= 15 is 0 Å². The Kier molecular flexibility index (Phi) is 4.85. The fourth-order valence-corrected chi connectivity index (χ4v) is 4.98. The van der Waals surface area contributed by atoms with E-state index in [0.29, 0.717) is 41.0 Å². The van der Waals surface area contributed by atoms with E-state index < -0.39 is 15.9 Å². The number of nitrogens with two attached hydrogens (primary N) is 1. The van der Waals surface area contributed by atoms with Gasteiger partial charge in [0.1, 0.15) is 0 Å². The number of benzene rings is 1. The van der Waals surface area contributed by atoms with Crippen molar-refractivity contribution in [1.29, 1.82) is 0 Å². The summed E-state index contributed by atoms with van der Waals surface area (Å²) < 4.78 is 28.2. The summed E-state index contributed by atoms with van der Waals surface area (Å²) in [5, 5.41) is -0.346. The number of rotatable bonds is 5. The molecule has 1 fully saturated rings. The number of aromatic nitrogens is 1. The molecule has 0 atom stereocenters. The Morgan fingerprint density at radius 1 is 1.20 bits per heavy atom. The summed E-state index contributed by atoms with van der Waals surface area (Å²) in [6, 6.07) is 8.82. The van der Waals surface area contributed by atoms with Gasteiger partial charge in [0, 0.05) is 17.0 Å². The normalized spacial score (nSPS) is 15.9. The van der Waals surface area contributed by atoms with E-state index in [0.717, 1.165) is 19.3 Å². The van der Waals surface area contributed by atoms with E-state index in [4.69, 9.17) is 5.73 Å². The summed E-state index contributed by atoms with van der Waals surface area (Å²) in [6.07, 6.45) is 4.39. The predicted molar refractivity (Wildman–Crippen MR) is 98.9 cm³/mol. The molecule has 0 bridgehead atoms. The highest BCUT2D eigenvalue weighted by Gasteiger charge is 2.28. The molecule has 1 saturated carbocycles. The lowest BCUT2D eigenvalue weighted by Crippen LogP contribution is -2.29. The van der Waals surface area contributed by atoms with Gasteiger partial charge < -0.3 is 10.7 Å². The highest BCUT2D eigenvalue weighted by Crippen LogP contribution is 2.31. The summed E-state index contributed by atoms with van der Waals surface area (Å²) in [5.41, 5.74) is 8.29. The highest BCUT2D eigenvalue weighted by atomic mass is 32.2. The van der Waals surface area contributed by atoms with Crippen LogP contribution < -0.4 is 10.5 Å². The van der Waals surface area contributed by atoms with Crippen LogP contribution in [0.1, 0.15) is 48.2 Å². The smallest absolute Gasteiger partial charge is 0.250 e. The molecule has 1 aliphatic rings. The van der Waals surface area contributed by atoms with E-state index in [1.165, 1.54) is 0 Å². The van der Waals surface area contributed by atoms with Crippen LogP contribution in [-0.2, 0) is 10.0 Å². The summed E-state index contributed by atoms with van der Waals surface area (Å²) >= 11 is 0. The quantitative estimate of drug-likeness (QED) is 0.761. The fourth-order valence-electron chi connectivity index (χ4n) is 3.38. The SMILES string of the molecule is Cc1[nH]c(-c2ccccc2NS(=O)(=O)C2CCCCC2)cc1C(N)=O. The maximum Gasteiger partial charge on any atom is 0.250 e. The zero-order valence-corrected chi connectivity index (χ0v) is 15.0. The number of H-pyrrole nitrogens is 1. The van der Waals surface area contributed by atoms with Gasteiger partial charge in [-0.15, -0.1) is 0 Å². The molecule has 4 N–H and O–H groups in total. The van der Waals surface area contributed by atoms with E-state index in [1.54, 1.807) is 25.1 Å². The molecule has 1 aromatic heterocycles. The third kappa shape index (κ3) is 3.71. The number of nitrogens with one attached hydrogen (secondary N) is 2. The Bertz CT molecular complexity index is 881. The lowest BCUT2D eigenvalue weighted by molar-refractivity contribution is 0.1000. The number of anilines is 1. The van der Waals surface area contributed by atoms with Crippen LogP contribution in [0.4, 0.5) is 5.69 Å². The molecular weight excluding hydrogens is 338 g/mol. The maximum atomic E-state index is 12.7. The number of aryl methyl sites for hydroxylation is 1. The van der Waals surface area contributed by atoms with Crippen LogP contribution in [0.3, 0.4) is 0 Å². The lowest BCUT2D eigenvalue weighted by Gasteiger charge is -2.23. The van der Waals surface area contributed by atoms with Gasteiger partial charge in [-0.3, -0.25) is 9.52 Å². The summed E-state index contributed by atoms with van der Waals surface area (Å²) in [7, 11) is -3.44. The van der Waals surface area contributed by atoms with Gasteiger partial charge in [0.25, 0.3) is 5.91 Å². The average molecular weight is 361 g/mol. The van der Waals surface area contributed by atoms with Gasteiger partial charge in [-0.25, -0.2) is 8.42 Å². The molecule has 1 aromatic carbocycles. The van der Waals surface area contributed by atoms with Gasteiger partial charge in [-0.1, -0.05) is 37.5 Å². The second-order valence-corrected chi connectivity index (χ2v) is 8.50. The molecule has 2 aromatic rings. The van der Waals surface area contributed by atoms with Crippen molar-refractivity contribution in [3.63, 3.8) is 0 Å². The topological polar surface area (TPSA) is 105 Å². The Morgan fingerprint density at radius 2 is 1.88 bits per heavy atom.